The van der Waals surface area contributed by atoms with Crippen LogP contribution in [0.15, 0.2) is 0 Å². The summed E-state index contributed by atoms with van der Waals surface area (Å²) in [5.74, 6) is 0. The van der Waals surface area contributed by atoms with E-state index in [1.807, 2.05) is 0 Å². The molecule has 0 radical (unpaired) electrons. The molecule has 1 N–H and O–H groups in total. The number of nitrogens with one attached hydrogen (secondary N) is 1. The lowest BCUT2D eigenvalue weighted by molar-refractivity contribution is -0.482. The van der Waals surface area contributed by atoms with Crippen molar-refractivity contribution in [2.45, 2.75) is 39.3 Å². The van der Waals surface area contributed by atoms with Gasteiger partial charge in [-0.3, -0.25) is 10.1 Å². The summed E-state index contributed by atoms with van der Waals surface area (Å²) in [6, 6.07) is -0.528. The Bertz CT molecular complexity index is 222. The Morgan fingerprint density at radius 2 is 2.07 bits per heavy atom. The molecule has 1 amide bonds. The zero-order valence-electron chi connectivity index (χ0n) is 8.86. The number of nitro groups is 1. The minimum atomic E-state index is -0.633. The third kappa shape index (κ3) is 7.33. The molecule has 0 saturated heterocycles. The number of ether oxygens (including phenoxy) is 1. The fraction of sp³-hybridized carbons (Fsp3) is 0.875. The Balaban J connectivity index is 3.89. The van der Waals surface area contributed by atoms with E-state index in [2.05, 4.69) is 5.32 Å². The highest BCUT2D eigenvalue weighted by Crippen LogP contribution is 2.06. The molecule has 1 atom stereocenters. The van der Waals surface area contributed by atoms with Gasteiger partial charge in [0.1, 0.15) is 5.60 Å². The molecule has 0 spiro atoms. The summed E-state index contributed by atoms with van der Waals surface area (Å²) in [6.45, 7) is 6.42. The summed E-state index contributed by atoms with van der Waals surface area (Å²) in [4.78, 5) is 20.7. The van der Waals surface area contributed by atoms with Crippen molar-refractivity contribution in [2.75, 3.05) is 6.54 Å². The molecule has 6 nitrogen and oxygen atoms in total. The minimum Gasteiger partial charge on any atom is -0.444 e. The van der Waals surface area contributed by atoms with Crippen molar-refractivity contribution in [1.29, 1.82) is 0 Å². The van der Waals surface area contributed by atoms with E-state index in [4.69, 9.17) is 4.74 Å². The number of carbonyl (C=O) groups excluding carboxylic acids is 1. The Labute approximate surface area is 82.8 Å². The van der Waals surface area contributed by atoms with Crippen LogP contribution in [-0.4, -0.2) is 29.2 Å². The molecule has 1 unspecified atom stereocenters. The van der Waals surface area contributed by atoms with Crippen LogP contribution in [0.3, 0.4) is 0 Å². The zero-order valence-corrected chi connectivity index (χ0v) is 8.86. The van der Waals surface area contributed by atoms with Crippen LogP contribution >= 0.6 is 0 Å². The predicted molar refractivity (Wildman–Crippen MR) is 50.7 cm³/mol. The van der Waals surface area contributed by atoms with Crippen molar-refractivity contribution in [3.8, 4) is 0 Å². The van der Waals surface area contributed by atoms with Crippen LogP contribution in [0.1, 0.15) is 27.7 Å². The molecular formula is C8H16N2O4. The highest BCUT2D eigenvalue weighted by atomic mass is 16.6. The second-order valence-electron chi connectivity index (χ2n) is 4.06. The molecule has 0 aromatic carbocycles. The van der Waals surface area contributed by atoms with Gasteiger partial charge in [0.25, 0.3) is 0 Å². The predicted octanol–water partition coefficient (Wildman–Crippen LogP) is 1.18. The number of hydrogen-bond acceptors (Lipinski definition) is 4. The summed E-state index contributed by atoms with van der Waals surface area (Å²) in [5, 5.41) is 12.5. The minimum absolute atomic E-state index is 0.306. The van der Waals surface area contributed by atoms with Crippen LogP contribution in [0.4, 0.5) is 4.79 Å². The van der Waals surface area contributed by atoms with Crippen molar-refractivity contribution in [3.05, 3.63) is 10.1 Å². The maximum atomic E-state index is 11.1. The number of carbonyl (C=O) groups is 1. The van der Waals surface area contributed by atoms with E-state index in [0.717, 1.165) is 0 Å². The number of rotatable bonds is 3. The van der Waals surface area contributed by atoms with Crippen LogP contribution < -0.4 is 5.32 Å². The van der Waals surface area contributed by atoms with Gasteiger partial charge in [0.15, 0.2) is 0 Å². The fourth-order valence-corrected chi connectivity index (χ4v) is 0.778. The van der Waals surface area contributed by atoms with E-state index in [9.17, 15) is 14.9 Å². The smallest absolute Gasteiger partial charge is 0.408 e. The normalized spacial score (nSPS) is 13.1. The lowest BCUT2D eigenvalue weighted by atomic mass is 10.2. The summed E-state index contributed by atoms with van der Waals surface area (Å²) < 4.78 is 4.92. The molecular weight excluding hydrogens is 188 g/mol. The summed E-state index contributed by atoms with van der Waals surface area (Å²) in [5.41, 5.74) is -0.585. The summed E-state index contributed by atoms with van der Waals surface area (Å²) >= 11 is 0. The van der Waals surface area contributed by atoms with Crippen molar-refractivity contribution < 1.29 is 14.5 Å². The topological polar surface area (TPSA) is 81.5 Å². The van der Waals surface area contributed by atoms with Crippen molar-refractivity contribution in [1.82, 2.24) is 5.32 Å². The van der Waals surface area contributed by atoms with Crippen molar-refractivity contribution >= 4 is 6.09 Å². The molecule has 0 aliphatic carbocycles. The van der Waals surface area contributed by atoms with Gasteiger partial charge in [-0.25, -0.2) is 4.79 Å². The first-order chi connectivity index (χ1) is 6.20. The Kier molecular flexibility index (Phi) is 4.33. The monoisotopic (exact) mass is 204 g/mol. The SMILES string of the molecule is CC(C[N+](=O)[O-])NC(=O)OC(C)(C)C. The van der Waals surface area contributed by atoms with Crippen molar-refractivity contribution in [3.63, 3.8) is 0 Å². The van der Waals surface area contributed by atoms with Gasteiger partial charge < -0.3 is 10.1 Å². The molecule has 0 saturated carbocycles. The number of amides is 1. The highest BCUT2D eigenvalue weighted by Gasteiger charge is 2.19. The van der Waals surface area contributed by atoms with Crippen molar-refractivity contribution in [2.24, 2.45) is 0 Å². The maximum Gasteiger partial charge on any atom is 0.408 e. The Hall–Kier alpha value is -1.33. The fourth-order valence-electron chi connectivity index (χ4n) is 0.778. The summed E-state index contributed by atoms with van der Waals surface area (Å²) in [7, 11) is 0. The molecule has 0 bridgehead atoms. The molecule has 14 heavy (non-hydrogen) atoms. The first-order valence-electron chi connectivity index (χ1n) is 4.32. The Morgan fingerprint density at radius 1 is 1.57 bits per heavy atom. The third-order valence-corrected chi connectivity index (χ3v) is 1.19. The molecule has 0 heterocycles. The van der Waals surface area contributed by atoms with E-state index >= 15 is 0 Å². The number of hydrogen-bond donors (Lipinski definition) is 1. The molecule has 6 heteroatoms. The van der Waals surface area contributed by atoms with E-state index in [1.54, 1.807) is 27.7 Å². The van der Waals surface area contributed by atoms with Gasteiger partial charge in [0.2, 0.25) is 6.54 Å². The Morgan fingerprint density at radius 3 is 2.43 bits per heavy atom. The largest absolute Gasteiger partial charge is 0.444 e. The van der Waals surface area contributed by atoms with E-state index < -0.39 is 22.7 Å². The van der Waals surface area contributed by atoms with Gasteiger partial charge in [-0.1, -0.05) is 0 Å². The van der Waals surface area contributed by atoms with Crippen LogP contribution in [-0.2, 0) is 4.74 Å². The molecule has 0 rings (SSSR count). The molecule has 0 aliphatic heterocycles. The number of alkyl carbamates (subject to hydrolysis) is 1. The van der Waals surface area contributed by atoms with Gasteiger partial charge in [-0.2, -0.15) is 0 Å². The van der Waals surface area contributed by atoms with Gasteiger partial charge >= 0.3 is 6.09 Å². The average Bonchev–Trinajstić information content (AvgIpc) is 1.77. The first kappa shape index (κ1) is 12.7. The molecule has 0 aliphatic rings. The maximum absolute atomic E-state index is 11.1. The van der Waals surface area contributed by atoms with Crippen LogP contribution in [0, 0.1) is 10.1 Å². The quantitative estimate of drug-likeness (QED) is 0.552. The first-order valence-corrected chi connectivity index (χ1v) is 4.32. The standard InChI is InChI=1S/C8H16N2O4/c1-6(5-10(12)13)9-7(11)14-8(2,3)4/h6H,5H2,1-4H3,(H,9,11). The molecule has 0 fully saturated rings. The highest BCUT2D eigenvalue weighted by molar-refractivity contribution is 5.68. The van der Waals surface area contributed by atoms with E-state index in [-0.39, 0.29) is 6.54 Å². The lowest BCUT2D eigenvalue weighted by Gasteiger charge is -2.20. The lowest BCUT2D eigenvalue weighted by Crippen LogP contribution is -2.40. The van der Waals surface area contributed by atoms with Crippen LogP contribution in [0.5, 0.6) is 0 Å². The van der Waals surface area contributed by atoms with Crippen LogP contribution in [0.2, 0.25) is 0 Å². The van der Waals surface area contributed by atoms with Crippen LogP contribution in [0.25, 0.3) is 0 Å². The molecule has 82 valence electrons. The second kappa shape index (κ2) is 4.78. The van der Waals surface area contributed by atoms with Gasteiger partial charge in [0.05, 0.1) is 6.04 Å². The summed E-state index contributed by atoms with van der Waals surface area (Å²) in [6.07, 6.45) is -0.633. The molecule has 0 aromatic rings. The van der Waals surface area contributed by atoms with Gasteiger partial charge in [-0.15, -0.1) is 0 Å². The van der Waals surface area contributed by atoms with Gasteiger partial charge in [0, 0.05) is 4.92 Å². The third-order valence-electron chi connectivity index (χ3n) is 1.19. The average molecular weight is 204 g/mol. The zero-order chi connectivity index (χ0) is 11.4. The van der Waals surface area contributed by atoms with E-state index in [0.29, 0.717) is 0 Å². The molecule has 0 aromatic heterocycles. The number of nitrogens with zero attached hydrogens (tertiary/aromatic N) is 1. The van der Waals surface area contributed by atoms with Gasteiger partial charge in [-0.05, 0) is 27.7 Å². The van der Waals surface area contributed by atoms with E-state index in [1.165, 1.54) is 0 Å². The second-order valence-corrected chi connectivity index (χ2v) is 4.06.